The molecule has 6 heteroatoms. The molecule has 3 fully saturated rings. The van der Waals surface area contributed by atoms with E-state index in [2.05, 4.69) is 24.1 Å². The van der Waals surface area contributed by atoms with E-state index in [0.717, 1.165) is 56.9 Å². The number of aromatic nitrogens is 1. The van der Waals surface area contributed by atoms with Gasteiger partial charge >= 0.3 is 0 Å². The Kier molecular flexibility index (Phi) is 8.19. The molecule has 4 rings (SSSR count). The molecule has 7 atom stereocenters. The molecule has 3 aliphatic carbocycles. The summed E-state index contributed by atoms with van der Waals surface area (Å²) in [7, 11) is 1.84. The minimum Gasteiger partial charge on any atom is -0.392 e. The summed E-state index contributed by atoms with van der Waals surface area (Å²) in [4.78, 5) is 32.2. The van der Waals surface area contributed by atoms with Crippen LogP contribution in [0.2, 0.25) is 0 Å². The van der Waals surface area contributed by atoms with E-state index in [4.69, 9.17) is 0 Å². The maximum Gasteiger partial charge on any atom is 0.225 e. The van der Waals surface area contributed by atoms with Crippen LogP contribution in [0.5, 0.6) is 0 Å². The maximum absolute atomic E-state index is 13.3. The Hall–Kier alpha value is -1.95. The van der Waals surface area contributed by atoms with E-state index in [-0.39, 0.29) is 52.9 Å². The molecule has 0 spiro atoms. The molecule has 3 saturated carbocycles. The number of nitrogens with one attached hydrogen (secondary N) is 1. The summed E-state index contributed by atoms with van der Waals surface area (Å²) in [6.07, 6.45) is 12.4. The highest BCUT2D eigenvalue weighted by molar-refractivity contribution is 5.79. The van der Waals surface area contributed by atoms with E-state index in [1.807, 2.05) is 26.1 Å². The maximum atomic E-state index is 13.3. The van der Waals surface area contributed by atoms with Gasteiger partial charge in [0.1, 0.15) is 0 Å². The first-order chi connectivity index (χ1) is 16.7. The minimum absolute atomic E-state index is 0.0613. The van der Waals surface area contributed by atoms with E-state index in [0.29, 0.717) is 6.54 Å². The summed E-state index contributed by atoms with van der Waals surface area (Å²) in [6, 6.07) is 3.97. The zero-order chi connectivity index (χ0) is 25.2. The number of nitrogens with zero attached hydrogens (tertiary/aromatic N) is 2. The van der Waals surface area contributed by atoms with Gasteiger partial charge in [-0.05, 0) is 73.3 Å². The molecule has 0 radical (unpaired) electrons. The zero-order valence-corrected chi connectivity index (χ0v) is 22.1. The Morgan fingerprint density at radius 3 is 2.60 bits per heavy atom. The molecule has 0 aromatic carbocycles. The van der Waals surface area contributed by atoms with Crippen LogP contribution in [0.1, 0.15) is 84.1 Å². The summed E-state index contributed by atoms with van der Waals surface area (Å²) in [6.45, 7) is 7.02. The first-order valence-electron chi connectivity index (χ1n) is 13.8. The number of rotatable bonds is 6. The number of amides is 2. The van der Waals surface area contributed by atoms with Crippen molar-refractivity contribution in [3.8, 4) is 0 Å². The molecule has 35 heavy (non-hydrogen) atoms. The van der Waals surface area contributed by atoms with Crippen molar-refractivity contribution >= 4 is 11.8 Å². The predicted molar refractivity (Wildman–Crippen MR) is 137 cm³/mol. The van der Waals surface area contributed by atoms with Gasteiger partial charge in [-0.25, -0.2) is 0 Å². The molecular formula is C29H45N3O3. The summed E-state index contributed by atoms with van der Waals surface area (Å²) < 4.78 is 0. The monoisotopic (exact) mass is 483 g/mol. The molecule has 0 saturated heterocycles. The fourth-order valence-corrected chi connectivity index (χ4v) is 7.54. The van der Waals surface area contributed by atoms with Crippen LogP contribution in [0.25, 0.3) is 0 Å². The van der Waals surface area contributed by atoms with Crippen molar-refractivity contribution in [2.24, 2.45) is 35.0 Å². The number of fused-ring (bicyclic) bond motifs is 1. The third-order valence-electron chi connectivity index (χ3n) is 9.74. The van der Waals surface area contributed by atoms with Gasteiger partial charge in [0.25, 0.3) is 0 Å². The number of hydrogen-bond acceptors (Lipinski definition) is 4. The van der Waals surface area contributed by atoms with E-state index >= 15 is 0 Å². The first kappa shape index (κ1) is 26.1. The molecule has 1 aromatic rings. The van der Waals surface area contributed by atoms with Gasteiger partial charge in [-0.2, -0.15) is 0 Å². The van der Waals surface area contributed by atoms with Crippen molar-refractivity contribution in [2.45, 2.75) is 97.2 Å². The minimum atomic E-state index is -0.538. The lowest BCUT2D eigenvalue weighted by atomic mass is 9.51. The molecule has 1 aromatic heterocycles. The highest BCUT2D eigenvalue weighted by Gasteiger charge is 2.54. The van der Waals surface area contributed by atoms with Crippen molar-refractivity contribution in [3.63, 3.8) is 0 Å². The fourth-order valence-electron chi connectivity index (χ4n) is 7.54. The topological polar surface area (TPSA) is 82.5 Å². The van der Waals surface area contributed by atoms with Crippen LogP contribution in [-0.4, -0.2) is 46.0 Å². The molecule has 6 nitrogen and oxygen atoms in total. The SMILES string of the molecule is C[C@H]1[C@@H]2[C@@H](O)C([C@H](C)C(=O)N(C)Cc3cccnc3)CC[C@@]2(C)CC[C@@H]1NC(=O)C1CCCCC1. The molecule has 1 heterocycles. The Balaban J connectivity index is 1.42. The Labute approximate surface area is 211 Å². The molecule has 2 N–H and O–H groups in total. The lowest BCUT2D eigenvalue weighted by molar-refractivity contribution is -0.150. The highest BCUT2D eigenvalue weighted by atomic mass is 16.3. The van der Waals surface area contributed by atoms with Gasteiger partial charge in [0, 0.05) is 43.9 Å². The summed E-state index contributed by atoms with van der Waals surface area (Å²) >= 11 is 0. The molecule has 194 valence electrons. The van der Waals surface area contributed by atoms with Crippen LogP contribution < -0.4 is 5.32 Å². The number of carbonyl (C=O) groups is 2. The van der Waals surface area contributed by atoms with E-state index in [1.165, 1.54) is 6.42 Å². The Bertz CT molecular complexity index is 871. The lowest BCUT2D eigenvalue weighted by Gasteiger charge is -2.56. The van der Waals surface area contributed by atoms with Crippen LogP contribution in [0.15, 0.2) is 24.5 Å². The Morgan fingerprint density at radius 1 is 1.20 bits per heavy atom. The molecular weight excluding hydrogens is 438 g/mol. The molecule has 1 unspecified atom stereocenters. The Morgan fingerprint density at radius 2 is 1.91 bits per heavy atom. The summed E-state index contributed by atoms with van der Waals surface area (Å²) in [5, 5.41) is 15.1. The third-order valence-corrected chi connectivity index (χ3v) is 9.74. The number of hydrogen-bond donors (Lipinski definition) is 2. The quantitative estimate of drug-likeness (QED) is 0.621. The van der Waals surface area contributed by atoms with Crippen molar-refractivity contribution in [1.82, 2.24) is 15.2 Å². The molecule has 0 aliphatic heterocycles. The van der Waals surface area contributed by atoms with Gasteiger partial charge in [-0.15, -0.1) is 0 Å². The molecule has 0 bridgehead atoms. The fraction of sp³-hybridized carbons (Fsp3) is 0.759. The number of pyridine rings is 1. The van der Waals surface area contributed by atoms with Crippen LogP contribution in [0.4, 0.5) is 0 Å². The smallest absolute Gasteiger partial charge is 0.225 e. The largest absolute Gasteiger partial charge is 0.392 e. The van der Waals surface area contributed by atoms with E-state index < -0.39 is 6.10 Å². The molecule has 2 amide bonds. The van der Waals surface area contributed by atoms with Crippen LogP contribution in [0, 0.1) is 35.0 Å². The van der Waals surface area contributed by atoms with Crippen molar-refractivity contribution < 1.29 is 14.7 Å². The van der Waals surface area contributed by atoms with E-state index in [9.17, 15) is 14.7 Å². The lowest BCUT2D eigenvalue weighted by Crippen LogP contribution is -2.59. The average Bonchev–Trinajstić information content (AvgIpc) is 2.86. The van der Waals surface area contributed by atoms with Crippen molar-refractivity contribution in [1.29, 1.82) is 0 Å². The van der Waals surface area contributed by atoms with Gasteiger partial charge in [0.2, 0.25) is 11.8 Å². The number of aliphatic hydroxyl groups is 1. The van der Waals surface area contributed by atoms with E-state index in [1.54, 1.807) is 17.3 Å². The second-order valence-electron chi connectivity index (χ2n) is 12.1. The second kappa shape index (κ2) is 11.0. The van der Waals surface area contributed by atoms with Gasteiger partial charge in [-0.1, -0.05) is 46.1 Å². The summed E-state index contributed by atoms with van der Waals surface area (Å²) in [5.41, 5.74) is 1.07. The molecule has 3 aliphatic rings. The number of aliphatic hydroxyl groups excluding tert-OH is 1. The van der Waals surface area contributed by atoms with Crippen LogP contribution in [-0.2, 0) is 16.1 Å². The van der Waals surface area contributed by atoms with Gasteiger partial charge < -0.3 is 15.3 Å². The van der Waals surface area contributed by atoms with Crippen LogP contribution >= 0.6 is 0 Å². The highest BCUT2D eigenvalue weighted by Crippen LogP contribution is 2.55. The zero-order valence-electron chi connectivity index (χ0n) is 22.1. The van der Waals surface area contributed by atoms with Gasteiger partial charge in [-0.3, -0.25) is 14.6 Å². The normalized spacial score (nSPS) is 34.5. The van der Waals surface area contributed by atoms with Gasteiger partial charge in [0.15, 0.2) is 0 Å². The van der Waals surface area contributed by atoms with Crippen LogP contribution in [0.3, 0.4) is 0 Å². The second-order valence-corrected chi connectivity index (χ2v) is 12.1. The van der Waals surface area contributed by atoms with Crippen molar-refractivity contribution in [3.05, 3.63) is 30.1 Å². The third kappa shape index (κ3) is 5.58. The van der Waals surface area contributed by atoms with Crippen molar-refractivity contribution in [2.75, 3.05) is 7.05 Å². The standard InChI is InChI=1S/C29H45N3O3/c1-19(28(35)32(4)18-21-9-8-16-30-17-21)23-12-14-29(3)15-13-24(20(2)25(29)26(23)33)31-27(34)22-10-6-5-7-11-22/h8-9,16-17,19-20,22-26,33H,5-7,10-15,18H2,1-4H3,(H,31,34)/t19-,20+,23?,24-,25+,26-,29-/m0/s1. The van der Waals surface area contributed by atoms with Gasteiger partial charge in [0.05, 0.1) is 6.10 Å². The predicted octanol–water partition coefficient (Wildman–Crippen LogP) is 4.56. The number of carbonyl (C=O) groups excluding carboxylic acids is 2. The first-order valence-corrected chi connectivity index (χ1v) is 13.8. The summed E-state index contributed by atoms with van der Waals surface area (Å²) in [5.74, 6) is 0.411. The average molecular weight is 484 g/mol.